The van der Waals surface area contributed by atoms with E-state index in [0.717, 1.165) is 37.2 Å². The van der Waals surface area contributed by atoms with E-state index in [0.29, 0.717) is 13.0 Å². The van der Waals surface area contributed by atoms with Crippen LogP contribution in [0.3, 0.4) is 0 Å². The van der Waals surface area contributed by atoms with Gasteiger partial charge in [-0.3, -0.25) is 4.79 Å². The zero-order valence-electron chi connectivity index (χ0n) is 11.2. The number of ether oxygens (including phenoxy) is 1. The lowest BCUT2D eigenvalue weighted by atomic mass is 9.86. The Morgan fingerprint density at radius 2 is 2.11 bits per heavy atom. The Morgan fingerprint density at radius 1 is 1.44 bits per heavy atom. The smallest absolute Gasteiger partial charge is 0.322 e. The number of thioether (sulfide) groups is 1. The first kappa shape index (κ1) is 15.8. The van der Waals surface area contributed by atoms with Crippen molar-refractivity contribution in [3.63, 3.8) is 0 Å². The number of carbonyl (C=O) groups is 1. The highest BCUT2D eigenvalue weighted by Crippen LogP contribution is 2.31. The Bertz CT molecular complexity index is 255. The van der Waals surface area contributed by atoms with Crippen LogP contribution in [0.4, 0.5) is 0 Å². The highest BCUT2D eigenvalue weighted by Gasteiger charge is 2.28. The molecule has 0 radical (unpaired) electrons. The predicted molar refractivity (Wildman–Crippen MR) is 74.6 cm³/mol. The molecular weight excluding hydrogens is 250 g/mol. The van der Waals surface area contributed by atoms with Crippen molar-refractivity contribution >= 4 is 17.7 Å². The van der Waals surface area contributed by atoms with Gasteiger partial charge in [0.2, 0.25) is 0 Å². The topological polar surface area (TPSA) is 72.5 Å². The molecule has 1 aliphatic carbocycles. The maximum atomic E-state index is 11.3. The molecule has 0 aromatic heterocycles. The summed E-state index contributed by atoms with van der Waals surface area (Å²) in [4.78, 5) is 11.3. The van der Waals surface area contributed by atoms with Gasteiger partial charge >= 0.3 is 5.97 Å². The van der Waals surface area contributed by atoms with E-state index in [4.69, 9.17) is 10.5 Å². The molecule has 0 spiro atoms. The van der Waals surface area contributed by atoms with Crippen molar-refractivity contribution < 1.29 is 14.6 Å². The highest BCUT2D eigenvalue weighted by molar-refractivity contribution is 7.99. The summed E-state index contributed by atoms with van der Waals surface area (Å²) in [6.07, 6.45) is 5.91. The molecule has 1 aliphatic rings. The van der Waals surface area contributed by atoms with Crippen LogP contribution >= 0.6 is 11.8 Å². The fourth-order valence-electron chi connectivity index (χ4n) is 2.19. The van der Waals surface area contributed by atoms with Crippen LogP contribution in [0.25, 0.3) is 0 Å². The molecule has 106 valence electrons. The van der Waals surface area contributed by atoms with Gasteiger partial charge in [-0.1, -0.05) is 19.3 Å². The summed E-state index contributed by atoms with van der Waals surface area (Å²) in [5, 5.41) is 10.3. The van der Waals surface area contributed by atoms with Crippen molar-refractivity contribution in [2.45, 2.75) is 57.1 Å². The van der Waals surface area contributed by atoms with Crippen LogP contribution in [0, 0.1) is 0 Å². The zero-order valence-corrected chi connectivity index (χ0v) is 12.0. The third-order valence-electron chi connectivity index (χ3n) is 3.32. The molecule has 1 fully saturated rings. The zero-order chi connectivity index (χ0) is 13.4. The molecule has 0 aromatic rings. The molecule has 1 unspecified atom stereocenters. The van der Waals surface area contributed by atoms with Crippen molar-refractivity contribution in [2.24, 2.45) is 5.73 Å². The largest absolute Gasteiger partial charge is 0.465 e. The molecular formula is C13H25NO3S. The van der Waals surface area contributed by atoms with E-state index < -0.39 is 11.6 Å². The second kappa shape index (κ2) is 8.02. The van der Waals surface area contributed by atoms with E-state index in [1.807, 2.05) is 0 Å². The Labute approximate surface area is 114 Å². The SMILES string of the molecule is CCOC(=O)C(N)CCSCC1(O)CCCCC1. The van der Waals surface area contributed by atoms with Gasteiger partial charge in [-0.05, 0) is 31.9 Å². The van der Waals surface area contributed by atoms with Crippen molar-refractivity contribution in [3.05, 3.63) is 0 Å². The number of nitrogens with two attached hydrogens (primary N) is 1. The first-order chi connectivity index (χ1) is 8.57. The van der Waals surface area contributed by atoms with Crippen LogP contribution in [-0.4, -0.2) is 40.8 Å². The van der Waals surface area contributed by atoms with E-state index in [-0.39, 0.29) is 5.97 Å². The van der Waals surface area contributed by atoms with Crippen molar-refractivity contribution in [3.8, 4) is 0 Å². The lowest BCUT2D eigenvalue weighted by Gasteiger charge is -2.31. The van der Waals surface area contributed by atoms with Gasteiger partial charge in [-0.15, -0.1) is 0 Å². The molecule has 5 heteroatoms. The molecule has 1 saturated carbocycles. The molecule has 0 bridgehead atoms. The Morgan fingerprint density at radius 3 is 2.72 bits per heavy atom. The van der Waals surface area contributed by atoms with Crippen molar-refractivity contribution in [2.75, 3.05) is 18.1 Å². The summed E-state index contributed by atoms with van der Waals surface area (Å²) >= 11 is 1.68. The van der Waals surface area contributed by atoms with Crippen LogP contribution in [0.15, 0.2) is 0 Å². The first-order valence-corrected chi connectivity index (χ1v) is 7.95. The van der Waals surface area contributed by atoms with Crippen LogP contribution < -0.4 is 5.73 Å². The van der Waals surface area contributed by atoms with Crippen LogP contribution in [0.5, 0.6) is 0 Å². The molecule has 4 nitrogen and oxygen atoms in total. The number of esters is 1. The maximum absolute atomic E-state index is 11.3. The molecule has 3 N–H and O–H groups in total. The van der Waals surface area contributed by atoms with Crippen LogP contribution in [0.1, 0.15) is 45.4 Å². The lowest BCUT2D eigenvalue weighted by Crippen LogP contribution is -2.35. The maximum Gasteiger partial charge on any atom is 0.322 e. The van der Waals surface area contributed by atoms with Gasteiger partial charge in [0.05, 0.1) is 12.2 Å². The van der Waals surface area contributed by atoms with Crippen molar-refractivity contribution in [1.82, 2.24) is 0 Å². The van der Waals surface area contributed by atoms with Gasteiger partial charge in [-0.2, -0.15) is 11.8 Å². The molecule has 0 amide bonds. The molecule has 0 aromatic carbocycles. The van der Waals surface area contributed by atoms with Gasteiger partial charge in [0.1, 0.15) is 6.04 Å². The molecule has 0 saturated heterocycles. The average Bonchev–Trinajstić information content (AvgIpc) is 2.35. The molecule has 0 aliphatic heterocycles. The predicted octanol–water partition coefficient (Wildman–Crippen LogP) is 1.70. The summed E-state index contributed by atoms with van der Waals surface area (Å²) < 4.78 is 4.85. The van der Waals surface area contributed by atoms with E-state index in [2.05, 4.69) is 0 Å². The minimum Gasteiger partial charge on any atom is -0.465 e. The Hall–Kier alpha value is -0.260. The Kier molecular flexibility index (Phi) is 7.04. The van der Waals surface area contributed by atoms with Gasteiger partial charge in [0.25, 0.3) is 0 Å². The average molecular weight is 275 g/mol. The monoisotopic (exact) mass is 275 g/mol. The number of hydrogen-bond acceptors (Lipinski definition) is 5. The van der Waals surface area contributed by atoms with E-state index in [1.54, 1.807) is 18.7 Å². The number of carbonyl (C=O) groups excluding carboxylic acids is 1. The highest BCUT2D eigenvalue weighted by atomic mass is 32.2. The number of hydrogen-bond donors (Lipinski definition) is 2. The third kappa shape index (κ3) is 5.59. The second-order valence-electron chi connectivity index (χ2n) is 4.98. The van der Waals surface area contributed by atoms with Crippen LogP contribution in [0.2, 0.25) is 0 Å². The molecule has 1 atom stereocenters. The second-order valence-corrected chi connectivity index (χ2v) is 6.09. The quantitative estimate of drug-likeness (QED) is 0.546. The normalized spacial score (nSPS) is 20.4. The molecule has 1 rings (SSSR count). The summed E-state index contributed by atoms with van der Waals surface area (Å²) in [6.45, 7) is 2.15. The van der Waals surface area contributed by atoms with Crippen molar-refractivity contribution in [1.29, 1.82) is 0 Å². The van der Waals surface area contributed by atoms with E-state index in [1.165, 1.54) is 6.42 Å². The Balaban J connectivity index is 2.12. The summed E-state index contributed by atoms with van der Waals surface area (Å²) in [5.41, 5.74) is 5.22. The third-order valence-corrected chi connectivity index (χ3v) is 4.58. The fourth-order valence-corrected chi connectivity index (χ4v) is 3.43. The summed E-state index contributed by atoms with van der Waals surface area (Å²) in [5.74, 6) is 1.22. The first-order valence-electron chi connectivity index (χ1n) is 6.80. The van der Waals surface area contributed by atoms with Gasteiger partial charge in [0.15, 0.2) is 0 Å². The fraction of sp³-hybridized carbons (Fsp3) is 0.923. The number of rotatable bonds is 7. The minimum atomic E-state index is -0.529. The summed E-state index contributed by atoms with van der Waals surface area (Å²) in [6, 6.07) is -0.529. The lowest BCUT2D eigenvalue weighted by molar-refractivity contribution is -0.144. The molecule has 0 heterocycles. The summed E-state index contributed by atoms with van der Waals surface area (Å²) in [7, 11) is 0. The standard InChI is InChI=1S/C13H25NO3S/c1-2-17-12(15)11(14)6-9-18-10-13(16)7-4-3-5-8-13/h11,16H,2-10,14H2,1H3. The van der Waals surface area contributed by atoms with E-state index in [9.17, 15) is 9.90 Å². The number of aliphatic hydroxyl groups is 1. The van der Waals surface area contributed by atoms with E-state index >= 15 is 0 Å². The minimum absolute atomic E-state index is 0.325. The van der Waals surface area contributed by atoms with Gasteiger partial charge in [0, 0.05) is 5.75 Å². The molecule has 18 heavy (non-hydrogen) atoms. The van der Waals surface area contributed by atoms with Crippen LogP contribution in [-0.2, 0) is 9.53 Å². The van der Waals surface area contributed by atoms with Gasteiger partial charge in [-0.25, -0.2) is 0 Å². The van der Waals surface area contributed by atoms with Gasteiger partial charge < -0.3 is 15.6 Å².